The summed E-state index contributed by atoms with van der Waals surface area (Å²) < 4.78 is 0. The summed E-state index contributed by atoms with van der Waals surface area (Å²) in [6.45, 7) is 3.32. The smallest absolute Gasteiger partial charge is 0.339 e. The lowest BCUT2D eigenvalue weighted by atomic mass is 10.2. The van der Waals surface area contributed by atoms with Crippen molar-refractivity contribution in [3.05, 3.63) is 47.3 Å². The summed E-state index contributed by atoms with van der Waals surface area (Å²) in [5.74, 6) is -0.600. The number of aromatic nitrogens is 2. The monoisotopic (exact) mass is 243 g/mol. The normalized spacial score (nSPS) is 10.1. The molecule has 18 heavy (non-hydrogen) atoms. The fraction of sp³-hybridized carbons (Fsp3) is 0.154. The number of carboxylic acids is 1. The second-order valence-electron chi connectivity index (χ2n) is 3.89. The summed E-state index contributed by atoms with van der Waals surface area (Å²) in [7, 11) is 0. The third-order valence-electron chi connectivity index (χ3n) is 2.51. The Hall–Kier alpha value is -2.43. The summed E-state index contributed by atoms with van der Waals surface area (Å²) >= 11 is 0. The molecule has 0 aliphatic carbocycles. The Bertz CT molecular complexity index is 559. The minimum Gasteiger partial charge on any atom is -0.478 e. The minimum atomic E-state index is -1.00. The van der Waals surface area contributed by atoms with E-state index in [-0.39, 0.29) is 5.56 Å². The van der Waals surface area contributed by atoms with Gasteiger partial charge in [-0.1, -0.05) is 18.2 Å². The van der Waals surface area contributed by atoms with Crippen molar-refractivity contribution in [2.45, 2.75) is 13.8 Å². The molecule has 0 atom stereocenters. The van der Waals surface area contributed by atoms with Crippen molar-refractivity contribution in [3.8, 4) is 0 Å². The van der Waals surface area contributed by atoms with Crippen molar-refractivity contribution < 1.29 is 9.90 Å². The van der Waals surface area contributed by atoms with E-state index in [1.165, 1.54) is 0 Å². The van der Waals surface area contributed by atoms with Crippen molar-refractivity contribution in [2.24, 2.45) is 0 Å². The van der Waals surface area contributed by atoms with Crippen LogP contribution in [0.25, 0.3) is 0 Å². The van der Waals surface area contributed by atoms with Crippen LogP contribution in [0.2, 0.25) is 0 Å². The van der Waals surface area contributed by atoms with E-state index in [1.54, 1.807) is 13.8 Å². The van der Waals surface area contributed by atoms with Crippen molar-refractivity contribution in [2.75, 3.05) is 5.32 Å². The first-order valence-electron chi connectivity index (χ1n) is 5.48. The van der Waals surface area contributed by atoms with Gasteiger partial charge in [0.1, 0.15) is 5.56 Å². The van der Waals surface area contributed by atoms with E-state index in [1.807, 2.05) is 30.3 Å². The van der Waals surface area contributed by atoms with E-state index in [4.69, 9.17) is 5.11 Å². The molecule has 0 unspecified atom stereocenters. The minimum absolute atomic E-state index is 0.161. The first-order chi connectivity index (χ1) is 8.58. The maximum atomic E-state index is 11.0. The molecule has 5 nitrogen and oxygen atoms in total. The van der Waals surface area contributed by atoms with Gasteiger partial charge < -0.3 is 10.4 Å². The molecular formula is C13H13N3O2. The van der Waals surface area contributed by atoms with Gasteiger partial charge in [0.05, 0.1) is 11.4 Å². The Morgan fingerprint density at radius 1 is 1.11 bits per heavy atom. The van der Waals surface area contributed by atoms with Crippen molar-refractivity contribution in [1.82, 2.24) is 9.97 Å². The molecule has 1 aromatic heterocycles. The maximum Gasteiger partial charge on any atom is 0.339 e. The van der Waals surface area contributed by atoms with Crippen LogP contribution in [-0.4, -0.2) is 21.0 Å². The molecule has 0 fully saturated rings. The number of anilines is 2. The zero-order valence-corrected chi connectivity index (χ0v) is 10.1. The largest absolute Gasteiger partial charge is 0.478 e. The molecule has 0 aliphatic rings. The molecule has 0 spiro atoms. The van der Waals surface area contributed by atoms with Crippen LogP contribution in [0, 0.1) is 13.8 Å². The van der Waals surface area contributed by atoms with Gasteiger partial charge in [-0.2, -0.15) is 0 Å². The van der Waals surface area contributed by atoms with E-state index in [9.17, 15) is 4.79 Å². The lowest BCUT2D eigenvalue weighted by Crippen LogP contribution is -2.09. The van der Waals surface area contributed by atoms with E-state index in [0.717, 1.165) is 5.69 Å². The maximum absolute atomic E-state index is 11.0. The number of benzene rings is 1. The number of carbonyl (C=O) groups is 1. The van der Waals surface area contributed by atoms with Crippen LogP contribution in [0.1, 0.15) is 21.7 Å². The van der Waals surface area contributed by atoms with Crippen molar-refractivity contribution >= 4 is 17.6 Å². The molecule has 0 saturated carbocycles. The Morgan fingerprint density at radius 3 is 2.17 bits per heavy atom. The Kier molecular flexibility index (Phi) is 3.23. The Balaban J connectivity index is 2.34. The summed E-state index contributed by atoms with van der Waals surface area (Å²) in [6.07, 6.45) is 0. The number of nitrogens with one attached hydrogen (secondary N) is 1. The van der Waals surface area contributed by atoms with Crippen molar-refractivity contribution in [3.63, 3.8) is 0 Å². The van der Waals surface area contributed by atoms with E-state index in [2.05, 4.69) is 15.3 Å². The highest BCUT2D eigenvalue weighted by atomic mass is 16.4. The SMILES string of the molecule is Cc1nc(Nc2ccccc2)nc(C)c1C(=O)O. The lowest BCUT2D eigenvalue weighted by molar-refractivity contribution is 0.0694. The zero-order valence-electron chi connectivity index (χ0n) is 10.1. The second kappa shape index (κ2) is 4.83. The number of para-hydroxylation sites is 1. The summed E-state index contributed by atoms with van der Waals surface area (Å²) in [5, 5.41) is 12.1. The molecule has 2 aromatic rings. The third-order valence-corrected chi connectivity index (χ3v) is 2.51. The number of rotatable bonds is 3. The molecule has 0 bridgehead atoms. The average molecular weight is 243 g/mol. The number of carboxylic acid groups (broad SMARTS) is 1. The van der Waals surface area contributed by atoms with Crippen LogP contribution in [0.3, 0.4) is 0 Å². The standard InChI is InChI=1S/C13H13N3O2/c1-8-11(12(17)18)9(2)15-13(14-8)16-10-6-4-3-5-7-10/h3-7H,1-2H3,(H,17,18)(H,14,15,16). The summed E-state index contributed by atoms with van der Waals surface area (Å²) in [5.41, 5.74) is 1.93. The molecule has 0 saturated heterocycles. The van der Waals surface area contributed by atoms with Gasteiger partial charge in [0.25, 0.3) is 0 Å². The first-order valence-corrected chi connectivity index (χ1v) is 5.48. The molecule has 1 aromatic carbocycles. The van der Waals surface area contributed by atoms with Gasteiger partial charge in [-0.15, -0.1) is 0 Å². The van der Waals surface area contributed by atoms with E-state index >= 15 is 0 Å². The van der Waals surface area contributed by atoms with Crippen molar-refractivity contribution in [1.29, 1.82) is 0 Å². The third kappa shape index (κ3) is 2.45. The average Bonchev–Trinajstić information content (AvgIpc) is 2.28. The molecule has 0 radical (unpaired) electrons. The van der Waals surface area contributed by atoms with Gasteiger partial charge in [0, 0.05) is 5.69 Å². The topological polar surface area (TPSA) is 75.1 Å². The Labute approximate surface area is 105 Å². The van der Waals surface area contributed by atoms with Gasteiger partial charge >= 0.3 is 5.97 Å². The highest BCUT2D eigenvalue weighted by molar-refractivity contribution is 5.90. The van der Waals surface area contributed by atoms with Gasteiger partial charge in [-0.05, 0) is 26.0 Å². The first kappa shape index (κ1) is 12.0. The fourth-order valence-electron chi connectivity index (χ4n) is 1.73. The molecule has 2 rings (SSSR count). The number of hydrogen-bond donors (Lipinski definition) is 2. The molecule has 92 valence electrons. The van der Waals surface area contributed by atoms with E-state index < -0.39 is 5.97 Å². The van der Waals surface area contributed by atoms with E-state index in [0.29, 0.717) is 17.3 Å². The lowest BCUT2D eigenvalue weighted by Gasteiger charge is -2.09. The second-order valence-corrected chi connectivity index (χ2v) is 3.89. The highest BCUT2D eigenvalue weighted by Crippen LogP contribution is 2.16. The molecule has 2 N–H and O–H groups in total. The van der Waals surface area contributed by atoms with Crippen LogP contribution in [0.5, 0.6) is 0 Å². The molecular weight excluding hydrogens is 230 g/mol. The molecule has 5 heteroatoms. The number of aryl methyl sites for hydroxylation is 2. The molecule has 0 amide bonds. The predicted octanol–water partition coefficient (Wildman–Crippen LogP) is 2.54. The predicted molar refractivity (Wildman–Crippen MR) is 68.2 cm³/mol. The van der Waals surface area contributed by atoms with Crippen LogP contribution in [0.15, 0.2) is 30.3 Å². The quantitative estimate of drug-likeness (QED) is 0.866. The molecule has 0 aliphatic heterocycles. The zero-order chi connectivity index (χ0) is 13.1. The summed E-state index contributed by atoms with van der Waals surface area (Å²) in [6, 6.07) is 9.48. The van der Waals surface area contributed by atoms with Crippen LogP contribution in [0.4, 0.5) is 11.6 Å². The van der Waals surface area contributed by atoms with Gasteiger partial charge in [0.15, 0.2) is 0 Å². The fourth-order valence-corrected chi connectivity index (χ4v) is 1.73. The van der Waals surface area contributed by atoms with Gasteiger partial charge in [-0.3, -0.25) is 0 Å². The van der Waals surface area contributed by atoms with Crippen LogP contribution < -0.4 is 5.32 Å². The van der Waals surface area contributed by atoms with Crippen LogP contribution in [-0.2, 0) is 0 Å². The van der Waals surface area contributed by atoms with Crippen LogP contribution >= 0.6 is 0 Å². The highest BCUT2D eigenvalue weighted by Gasteiger charge is 2.14. The number of hydrogen-bond acceptors (Lipinski definition) is 4. The number of nitrogens with zero attached hydrogens (tertiary/aromatic N) is 2. The van der Waals surface area contributed by atoms with Gasteiger partial charge in [0.2, 0.25) is 5.95 Å². The number of aromatic carboxylic acids is 1. The summed E-state index contributed by atoms with van der Waals surface area (Å²) in [4.78, 5) is 19.3. The Morgan fingerprint density at radius 2 is 1.67 bits per heavy atom. The van der Waals surface area contributed by atoms with Gasteiger partial charge in [-0.25, -0.2) is 14.8 Å². The molecule has 1 heterocycles.